The van der Waals surface area contributed by atoms with Crippen LogP contribution < -0.4 is 5.73 Å². The number of aromatic nitrogens is 2. The second-order valence-corrected chi connectivity index (χ2v) is 3.91. The minimum Gasteiger partial charge on any atom is -0.467 e. The molecule has 1 unspecified atom stereocenters. The zero-order chi connectivity index (χ0) is 13.8. The predicted molar refractivity (Wildman–Crippen MR) is 67.3 cm³/mol. The SMILES string of the molecule is COC(=O)C(c1ccccc1)n1cnc(C(N)=O)c1. The lowest BCUT2D eigenvalue weighted by atomic mass is 10.1. The van der Waals surface area contributed by atoms with Crippen molar-refractivity contribution < 1.29 is 14.3 Å². The zero-order valence-electron chi connectivity index (χ0n) is 10.3. The molecule has 98 valence electrons. The summed E-state index contributed by atoms with van der Waals surface area (Å²) in [6, 6.07) is 8.39. The number of methoxy groups -OCH3 is 1. The number of nitrogens with zero attached hydrogens (tertiary/aromatic N) is 2. The predicted octanol–water partition coefficient (Wildman–Crippen LogP) is 0.744. The maximum Gasteiger partial charge on any atom is 0.333 e. The van der Waals surface area contributed by atoms with E-state index in [0.717, 1.165) is 5.56 Å². The van der Waals surface area contributed by atoms with Crippen LogP contribution in [-0.4, -0.2) is 28.5 Å². The number of nitrogens with two attached hydrogens (primary N) is 1. The Kier molecular flexibility index (Phi) is 3.61. The van der Waals surface area contributed by atoms with Crippen molar-refractivity contribution in [1.82, 2.24) is 9.55 Å². The highest BCUT2D eigenvalue weighted by molar-refractivity contribution is 5.90. The molecule has 1 amide bonds. The largest absolute Gasteiger partial charge is 0.467 e. The summed E-state index contributed by atoms with van der Waals surface area (Å²) in [6.45, 7) is 0. The number of amides is 1. The van der Waals surface area contributed by atoms with E-state index in [1.165, 1.54) is 24.2 Å². The van der Waals surface area contributed by atoms with E-state index in [9.17, 15) is 9.59 Å². The first kappa shape index (κ1) is 12.8. The number of benzene rings is 1. The van der Waals surface area contributed by atoms with E-state index in [1.54, 1.807) is 12.1 Å². The zero-order valence-corrected chi connectivity index (χ0v) is 10.3. The van der Waals surface area contributed by atoms with Gasteiger partial charge < -0.3 is 15.0 Å². The number of hydrogen-bond acceptors (Lipinski definition) is 4. The summed E-state index contributed by atoms with van der Waals surface area (Å²) in [5.41, 5.74) is 5.98. The molecule has 0 spiro atoms. The van der Waals surface area contributed by atoms with Crippen molar-refractivity contribution in [2.24, 2.45) is 5.73 Å². The number of hydrogen-bond donors (Lipinski definition) is 1. The summed E-state index contributed by atoms with van der Waals surface area (Å²) in [7, 11) is 1.31. The summed E-state index contributed by atoms with van der Waals surface area (Å²) >= 11 is 0. The van der Waals surface area contributed by atoms with Crippen LogP contribution >= 0.6 is 0 Å². The quantitative estimate of drug-likeness (QED) is 0.820. The fourth-order valence-electron chi connectivity index (χ4n) is 1.78. The fraction of sp³-hybridized carbons (Fsp3) is 0.154. The van der Waals surface area contributed by atoms with E-state index in [-0.39, 0.29) is 5.69 Å². The van der Waals surface area contributed by atoms with Crippen LogP contribution in [0.5, 0.6) is 0 Å². The Morgan fingerprint density at radius 2 is 2.00 bits per heavy atom. The average molecular weight is 259 g/mol. The molecule has 19 heavy (non-hydrogen) atoms. The van der Waals surface area contributed by atoms with E-state index < -0.39 is 17.9 Å². The molecule has 1 aromatic heterocycles. The Hall–Kier alpha value is -2.63. The minimum absolute atomic E-state index is 0.102. The molecule has 2 rings (SSSR count). The highest BCUT2D eigenvalue weighted by atomic mass is 16.5. The highest BCUT2D eigenvalue weighted by Crippen LogP contribution is 2.20. The van der Waals surface area contributed by atoms with Gasteiger partial charge in [-0.15, -0.1) is 0 Å². The maximum absolute atomic E-state index is 11.9. The van der Waals surface area contributed by atoms with Crippen LogP contribution in [0.4, 0.5) is 0 Å². The van der Waals surface area contributed by atoms with Gasteiger partial charge >= 0.3 is 5.97 Å². The van der Waals surface area contributed by atoms with Crippen LogP contribution in [-0.2, 0) is 9.53 Å². The lowest BCUT2D eigenvalue weighted by Crippen LogP contribution is -2.21. The number of primary amides is 1. The molecule has 0 saturated heterocycles. The molecule has 0 fully saturated rings. The van der Waals surface area contributed by atoms with Gasteiger partial charge in [0.15, 0.2) is 6.04 Å². The Labute approximate surface area is 109 Å². The van der Waals surface area contributed by atoms with Crippen LogP contribution in [0.2, 0.25) is 0 Å². The van der Waals surface area contributed by atoms with Gasteiger partial charge in [0.05, 0.1) is 13.4 Å². The van der Waals surface area contributed by atoms with Crippen LogP contribution in [0.1, 0.15) is 22.1 Å². The molecule has 1 heterocycles. The van der Waals surface area contributed by atoms with E-state index in [4.69, 9.17) is 10.5 Å². The number of carbonyl (C=O) groups excluding carboxylic acids is 2. The van der Waals surface area contributed by atoms with Gasteiger partial charge in [0.25, 0.3) is 5.91 Å². The van der Waals surface area contributed by atoms with Crippen molar-refractivity contribution in [2.75, 3.05) is 7.11 Å². The van der Waals surface area contributed by atoms with Gasteiger partial charge in [-0.25, -0.2) is 9.78 Å². The standard InChI is InChI=1S/C13H13N3O3/c1-19-13(18)11(9-5-3-2-4-6-9)16-7-10(12(14)17)15-8-16/h2-8,11H,1H3,(H2,14,17). The van der Waals surface area contributed by atoms with Gasteiger partial charge in [0, 0.05) is 6.20 Å². The Morgan fingerprint density at radius 1 is 1.32 bits per heavy atom. The van der Waals surface area contributed by atoms with Crippen molar-refractivity contribution in [2.45, 2.75) is 6.04 Å². The van der Waals surface area contributed by atoms with E-state index >= 15 is 0 Å². The molecule has 2 N–H and O–H groups in total. The van der Waals surface area contributed by atoms with Crippen molar-refractivity contribution in [1.29, 1.82) is 0 Å². The number of rotatable bonds is 4. The van der Waals surface area contributed by atoms with Gasteiger partial charge in [-0.2, -0.15) is 0 Å². The first-order chi connectivity index (χ1) is 9.13. The van der Waals surface area contributed by atoms with E-state index in [2.05, 4.69) is 4.98 Å². The number of ether oxygens (including phenoxy) is 1. The Bertz CT molecular complexity index is 592. The third kappa shape index (κ3) is 2.62. The smallest absolute Gasteiger partial charge is 0.333 e. The lowest BCUT2D eigenvalue weighted by Gasteiger charge is -2.16. The molecule has 6 heteroatoms. The number of carbonyl (C=O) groups is 2. The van der Waals surface area contributed by atoms with E-state index in [0.29, 0.717) is 0 Å². The van der Waals surface area contributed by atoms with Crippen LogP contribution in [0, 0.1) is 0 Å². The van der Waals surface area contributed by atoms with Gasteiger partial charge in [-0.3, -0.25) is 4.79 Å². The van der Waals surface area contributed by atoms with Crippen LogP contribution in [0.3, 0.4) is 0 Å². The molecule has 0 saturated carbocycles. The van der Waals surface area contributed by atoms with Gasteiger partial charge in [0.2, 0.25) is 0 Å². The molecule has 0 bridgehead atoms. The topological polar surface area (TPSA) is 87.2 Å². The number of imidazole rings is 1. The first-order valence-corrected chi connectivity index (χ1v) is 5.59. The Balaban J connectivity index is 2.43. The molecular weight excluding hydrogens is 246 g/mol. The molecular formula is C13H13N3O3. The molecule has 6 nitrogen and oxygen atoms in total. The molecule has 0 aliphatic carbocycles. The molecule has 1 aromatic carbocycles. The van der Waals surface area contributed by atoms with Crippen molar-refractivity contribution in [3.8, 4) is 0 Å². The molecule has 1 atom stereocenters. The van der Waals surface area contributed by atoms with Gasteiger partial charge in [-0.1, -0.05) is 30.3 Å². The minimum atomic E-state index is -0.688. The van der Waals surface area contributed by atoms with Crippen LogP contribution in [0.15, 0.2) is 42.9 Å². The summed E-state index contributed by atoms with van der Waals surface area (Å²) in [5.74, 6) is -1.09. The Morgan fingerprint density at radius 3 is 2.53 bits per heavy atom. The third-order valence-electron chi connectivity index (χ3n) is 2.69. The summed E-state index contributed by atoms with van der Waals surface area (Å²) in [4.78, 5) is 26.8. The van der Waals surface area contributed by atoms with Crippen molar-refractivity contribution in [3.63, 3.8) is 0 Å². The normalized spacial score (nSPS) is 11.8. The summed E-state index contributed by atoms with van der Waals surface area (Å²) in [5, 5.41) is 0. The van der Waals surface area contributed by atoms with Gasteiger partial charge in [0.1, 0.15) is 5.69 Å². The average Bonchev–Trinajstić information content (AvgIpc) is 2.89. The van der Waals surface area contributed by atoms with Crippen molar-refractivity contribution in [3.05, 3.63) is 54.1 Å². The molecule has 0 aliphatic heterocycles. The highest BCUT2D eigenvalue weighted by Gasteiger charge is 2.23. The maximum atomic E-state index is 11.9. The lowest BCUT2D eigenvalue weighted by molar-refractivity contribution is -0.143. The monoisotopic (exact) mass is 259 g/mol. The molecule has 0 aliphatic rings. The second-order valence-electron chi connectivity index (χ2n) is 3.91. The second kappa shape index (κ2) is 5.34. The van der Waals surface area contributed by atoms with Crippen molar-refractivity contribution >= 4 is 11.9 Å². The number of esters is 1. The fourth-order valence-corrected chi connectivity index (χ4v) is 1.78. The summed E-state index contributed by atoms with van der Waals surface area (Å²) < 4.78 is 6.29. The molecule has 2 aromatic rings. The molecule has 0 radical (unpaired) electrons. The summed E-state index contributed by atoms with van der Waals surface area (Å²) in [6.07, 6.45) is 2.81. The van der Waals surface area contributed by atoms with E-state index in [1.807, 2.05) is 18.2 Å². The first-order valence-electron chi connectivity index (χ1n) is 5.59. The van der Waals surface area contributed by atoms with Gasteiger partial charge in [-0.05, 0) is 5.56 Å². The third-order valence-corrected chi connectivity index (χ3v) is 2.69. The van der Waals surface area contributed by atoms with Crippen LogP contribution in [0.25, 0.3) is 0 Å².